The van der Waals surface area contributed by atoms with Crippen LogP contribution in [0.25, 0.3) is 22.2 Å². The number of aromatic nitrogens is 1. The molecule has 3 rings (SSSR count). The Morgan fingerprint density at radius 3 is 2.48 bits per heavy atom. The molecule has 2 aromatic carbocycles. The Hall–Kier alpha value is -2.55. The van der Waals surface area contributed by atoms with Gasteiger partial charge in [0, 0.05) is 18.5 Å². The minimum Gasteiger partial charge on any atom is -0.494 e. The van der Waals surface area contributed by atoms with Gasteiger partial charge in [-0.1, -0.05) is 19.9 Å². The average molecular weight is 335 g/mol. The predicted octanol–water partition coefficient (Wildman–Crippen LogP) is 5.04. The molecule has 0 saturated carbocycles. The molecular formula is C22H25NO2. The van der Waals surface area contributed by atoms with Crippen molar-refractivity contribution in [2.75, 3.05) is 6.61 Å². The van der Waals surface area contributed by atoms with Crippen molar-refractivity contribution in [1.82, 2.24) is 4.57 Å². The Morgan fingerprint density at radius 1 is 1.08 bits per heavy atom. The van der Waals surface area contributed by atoms with E-state index in [2.05, 4.69) is 36.6 Å². The van der Waals surface area contributed by atoms with E-state index < -0.39 is 0 Å². The van der Waals surface area contributed by atoms with Gasteiger partial charge in [0.15, 0.2) is 5.43 Å². The van der Waals surface area contributed by atoms with Crippen LogP contribution in [0.5, 0.6) is 5.75 Å². The molecule has 1 heterocycles. The molecule has 0 atom stereocenters. The number of fused-ring (bicyclic) bond motifs is 1. The molecule has 3 nitrogen and oxygen atoms in total. The second-order valence-corrected chi connectivity index (χ2v) is 6.80. The van der Waals surface area contributed by atoms with Crippen LogP contribution in [-0.4, -0.2) is 11.2 Å². The summed E-state index contributed by atoms with van der Waals surface area (Å²) in [6.45, 7) is 8.94. The fraction of sp³-hybridized carbons (Fsp3) is 0.318. The summed E-state index contributed by atoms with van der Waals surface area (Å²) in [5.41, 5.74) is 5.23. The van der Waals surface area contributed by atoms with Gasteiger partial charge in [0.1, 0.15) is 5.75 Å². The Morgan fingerprint density at radius 2 is 1.84 bits per heavy atom. The number of hydrogen-bond donors (Lipinski definition) is 0. The number of hydrogen-bond acceptors (Lipinski definition) is 2. The molecule has 0 aliphatic heterocycles. The summed E-state index contributed by atoms with van der Waals surface area (Å²) < 4.78 is 7.71. The summed E-state index contributed by atoms with van der Waals surface area (Å²) in [7, 11) is 2.01. The van der Waals surface area contributed by atoms with Crippen molar-refractivity contribution < 1.29 is 4.74 Å². The lowest BCUT2D eigenvalue weighted by molar-refractivity contribution is 0.338. The molecule has 0 unspecified atom stereocenters. The molecule has 0 N–H and O–H groups in total. The number of ether oxygens (including phenoxy) is 1. The first-order valence-electron chi connectivity index (χ1n) is 8.80. The van der Waals surface area contributed by atoms with Crippen LogP contribution in [-0.2, 0) is 7.05 Å². The lowest BCUT2D eigenvalue weighted by atomic mass is 9.99. The fourth-order valence-corrected chi connectivity index (χ4v) is 3.23. The van der Waals surface area contributed by atoms with E-state index in [1.165, 1.54) is 5.56 Å². The van der Waals surface area contributed by atoms with Crippen molar-refractivity contribution in [2.45, 2.75) is 33.6 Å². The number of nitrogens with zero attached hydrogens (tertiary/aromatic N) is 1. The van der Waals surface area contributed by atoms with Gasteiger partial charge in [0.25, 0.3) is 0 Å². The van der Waals surface area contributed by atoms with Gasteiger partial charge in [-0.25, -0.2) is 0 Å². The highest BCUT2D eigenvalue weighted by molar-refractivity contribution is 5.83. The van der Waals surface area contributed by atoms with Gasteiger partial charge in [-0.3, -0.25) is 4.79 Å². The molecule has 3 aromatic rings. The average Bonchev–Trinajstić information content (AvgIpc) is 2.59. The van der Waals surface area contributed by atoms with E-state index in [0.717, 1.165) is 33.5 Å². The van der Waals surface area contributed by atoms with Gasteiger partial charge >= 0.3 is 0 Å². The third-order valence-electron chi connectivity index (χ3n) is 4.71. The second-order valence-electron chi connectivity index (χ2n) is 6.80. The SMILES string of the molecule is CCOc1ccc(-c2cc(=O)c3cc(C(C)C)ccc3n2C)cc1C. The molecule has 25 heavy (non-hydrogen) atoms. The van der Waals surface area contributed by atoms with Crippen LogP contribution < -0.4 is 10.2 Å². The standard InChI is InChI=1S/C22H25NO2/c1-6-25-22-10-8-17(11-15(22)4)20-13-21(24)18-12-16(14(2)3)7-9-19(18)23(20)5/h7-14H,6H2,1-5H3. The highest BCUT2D eigenvalue weighted by Gasteiger charge is 2.11. The van der Waals surface area contributed by atoms with E-state index in [1.54, 1.807) is 6.07 Å². The maximum atomic E-state index is 12.7. The molecule has 1 aromatic heterocycles. The highest BCUT2D eigenvalue weighted by Crippen LogP contribution is 2.28. The summed E-state index contributed by atoms with van der Waals surface area (Å²) in [6.07, 6.45) is 0. The summed E-state index contributed by atoms with van der Waals surface area (Å²) in [5.74, 6) is 1.29. The van der Waals surface area contributed by atoms with Gasteiger partial charge in [0.05, 0.1) is 17.8 Å². The first-order valence-corrected chi connectivity index (χ1v) is 8.80. The quantitative estimate of drug-likeness (QED) is 0.669. The number of rotatable bonds is 4. The van der Waals surface area contributed by atoms with Gasteiger partial charge in [-0.2, -0.15) is 0 Å². The van der Waals surface area contributed by atoms with Crippen molar-refractivity contribution in [3.8, 4) is 17.0 Å². The Kier molecular flexibility index (Phi) is 4.67. The van der Waals surface area contributed by atoms with Crippen LogP contribution in [0.1, 0.15) is 37.8 Å². The maximum Gasteiger partial charge on any atom is 0.190 e. The van der Waals surface area contributed by atoms with Crippen molar-refractivity contribution >= 4 is 10.9 Å². The molecule has 0 amide bonds. The lowest BCUT2D eigenvalue weighted by Gasteiger charge is -2.15. The third kappa shape index (κ3) is 3.19. The zero-order valence-electron chi connectivity index (χ0n) is 15.6. The predicted molar refractivity (Wildman–Crippen MR) is 105 cm³/mol. The van der Waals surface area contributed by atoms with Crippen molar-refractivity contribution in [3.05, 3.63) is 63.8 Å². The monoisotopic (exact) mass is 335 g/mol. The summed E-state index contributed by atoms with van der Waals surface area (Å²) in [6, 6.07) is 14.0. The third-order valence-corrected chi connectivity index (χ3v) is 4.71. The molecule has 0 aliphatic rings. The first-order chi connectivity index (χ1) is 11.9. The van der Waals surface area contributed by atoms with Crippen molar-refractivity contribution in [2.24, 2.45) is 7.05 Å². The molecule has 0 radical (unpaired) electrons. The number of benzene rings is 2. The number of pyridine rings is 1. The van der Waals surface area contributed by atoms with Crippen LogP contribution >= 0.6 is 0 Å². The molecule has 0 aliphatic carbocycles. The Balaban J connectivity index is 2.18. The summed E-state index contributed by atoms with van der Waals surface area (Å²) in [5, 5.41) is 0.778. The van der Waals surface area contributed by atoms with Gasteiger partial charge in [-0.05, 0) is 66.8 Å². The van der Waals surface area contributed by atoms with Crippen LogP contribution in [0.3, 0.4) is 0 Å². The first kappa shape index (κ1) is 17.3. The number of aryl methyl sites for hydroxylation is 2. The fourth-order valence-electron chi connectivity index (χ4n) is 3.23. The molecular weight excluding hydrogens is 310 g/mol. The summed E-state index contributed by atoms with van der Waals surface area (Å²) in [4.78, 5) is 12.7. The molecule has 130 valence electrons. The van der Waals surface area contributed by atoms with Crippen LogP contribution in [0.15, 0.2) is 47.3 Å². The minimum atomic E-state index is 0.0668. The summed E-state index contributed by atoms with van der Waals surface area (Å²) >= 11 is 0. The molecule has 3 heteroatoms. The maximum absolute atomic E-state index is 12.7. The van der Waals surface area contributed by atoms with Crippen molar-refractivity contribution in [1.29, 1.82) is 0 Å². The van der Waals surface area contributed by atoms with E-state index in [0.29, 0.717) is 12.5 Å². The normalized spacial score (nSPS) is 11.3. The van der Waals surface area contributed by atoms with E-state index >= 15 is 0 Å². The van der Waals surface area contributed by atoms with Gasteiger partial charge in [0.2, 0.25) is 0 Å². The molecule has 0 saturated heterocycles. The van der Waals surface area contributed by atoms with E-state index in [4.69, 9.17) is 4.74 Å². The Bertz CT molecular complexity index is 983. The van der Waals surface area contributed by atoms with E-state index in [1.807, 2.05) is 39.1 Å². The molecule has 0 bridgehead atoms. The second kappa shape index (κ2) is 6.75. The van der Waals surface area contributed by atoms with E-state index in [-0.39, 0.29) is 5.43 Å². The minimum absolute atomic E-state index is 0.0668. The zero-order valence-corrected chi connectivity index (χ0v) is 15.6. The molecule has 0 spiro atoms. The van der Waals surface area contributed by atoms with Crippen molar-refractivity contribution in [3.63, 3.8) is 0 Å². The zero-order chi connectivity index (χ0) is 18.1. The largest absolute Gasteiger partial charge is 0.494 e. The smallest absolute Gasteiger partial charge is 0.190 e. The van der Waals surface area contributed by atoms with Gasteiger partial charge in [-0.15, -0.1) is 0 Å². The van der Waals surface area contributed by atoms with Crippen LogP contribution in [0, 0.1) is 6.92 Å². The highest BCUT2D eigenvalue weighted by atomic mass is 16.5. The van der Waals surface area contributed by atoms with Crippen LogP contribution in [0.2, 0.25) is 0 Å². The molecule has 0 fully saturated rings. The lowest BCUT2D eigenvalue weighted by Crippen LogP contribution is -2.10. The van der Waals surface area contributed by atoms with Gasteiger partial charge < -0.3 is 9.30 Å². The van der Waals surface area contributed by atoms with E-state index in [9.17, 15) is 4.79 Å². The topological polar surface area (TPSA) is 31.2 Å². The Labute approximate surface area is 148 Å². The van der Waals surface area contributed by atoms with Crippen LogP contribution in [0.4, 0.5) is 0 Å².